The van der Waals surface area contributed by atoms with Crippen molar-refractivity contribution >= 4 is 11.3 Å². The molecule has 20 heavy (non-hydrogen) atoms. The lowest BCUT2D eigenvalue weighted by molar-refractivity contribution is 0.134. The summed E-state index contributed by atoms with van der Waals surface area (Å²) in [6, 6.07) is 5.81. The van der Waals surface area contributed by atoms with E-state index in [1.54, 1.807) is 17.5 Å². The van der Waals surface area contributed by atoms with Crippen LogP contribution in [0.5, 0.6) is 0 Å². The van der Waals surface area contributed by atoms with E-state index in [4.69, 9.17) is 0 Å². The third kappa shape index (κ3) is 4.64. The van der Waals surface area contributed by atoms with E-state index in [1.165, 1.54) is 0 Å². The SMILES string of the molecule is CN(C)CC(O)CNCc1csc(-c2ccccn2)n1. The van der Waals surface area contributed by atoms with E-state index in [9.17, 15) is 5.11 Å². The van der Waals surface area contributed by atoms with Crippen LogP contribution in [0.15, 0.2) is 29.8 Å². The molecule has 0 aliphatic heterocycles. The van der Waals surface area contributed by atoms with Gasteiger partial charge >= 0.3 is 0 Å². The molecule has 2 rings (SSSR count). The molecule has 0 spiro atoms. The molecule has 2 heterocycles. The summed E-state index contributed by atoms with van der Waals surface area (Å²) in [4.78, 5) is 10.8. The number of thiazole rings is 1. The molecular weight excluding hydrogens is 272 g/mol. The van der Waals surface area contributed by atoms with Crippen molar-refractivity contribution in [3.05, 3.63) is 35.5 Å². The molecule has 2 aromatic heterocycles. The van der Waals surface area contributed by atoms with Crippen molar-refractivity contribution in [1.82, 2.24) is 20.2 Å². The van der Waals surface area contributed by atoms with Gasteiger partial charge in [0, 0.05) is 31.2 Å². The van der Waals surface area contributed by atoms with Gasteiger partial charge in [0.1, 0.15) is 5.01 Å². The Morgan fingerprint density at radius 2 is 2.25 bits per heavy atom. The molecule has 0 amide bonds. The number of likely N-dealkylation sites (N-methyl/N-ethyl adjacent to an activating group) is 1. The van der Waals surface area contributed by atoms with Crippen molar-refractivity contribution in [2.45, 2.75) is 12.6 Å². The van der Waals surface area contributed by atoms with Crippen LogP contribution in [0.25, 0.3) is 10.7 Å². The van der Waals surface area contributed by atoms with Gasteiger partial charge in [0.25, 0.3) is 0 Å². The second-order valence-corrected chi connectivity index (χ2v) is 5.76. The fraction of sp³-hybridized carbons (Fsp3) is 0.429. The van der Waals surface area contributed by atoms with E-state index in [2.05, 4.69) is 15.3 Å². The molecule has 2 N–H and O–H groups in total. The standard InChI is InChI=1S/C14H20N4OS/c1-18(2)9-12(19)8-15-7-11-10-20-14(17-11)13-5-3-4-6-16-13/h3-6,10,12,15,19H,7-9H2,1-2H3. The highest BCUT2D eigenvalue weighted by Gasteiger charge is 2.07. The highest BCUT2D eigenvalue weighted by atomic mass is 32.1. The molecule has 0 aliphatic carbocycles. The van der Waals surface area contributed by atoms with E-state index < -0.39 is 0 Å². The third-order valence-corrected chi connectivity index (χ3v) is 3.61. The minimum atomic E-state index is -0.362. The van der Waals surface area contributed by atoms with Crippen molar-refractivity contribution in [2.24, 2.45) is 0 Å². The zero-order valence-corrected chi connectivity index (χ0v) is 12.6. The minimum Gasteiger partial charge on any atom is -0.390 e. The first-order chi connectivity index (χ1) is 9.65. The molecule has 1 atom stereocenters. The predicted octanol–water partition coefficient (Wildman–Crippen LogP) is 1.22. The molecule has 0 saturated carbocycles. The van der Waals surface area contributed by atoms with E-state index in [1.807, 2.05) is 42.6 Å². The summed E-state index contributed by atoms with van der Waals surface area (Å²) in [6.07, 6.45) is 1.41. The Kier molecular flexibility index (Phi) is 5.60. The number of hydrogen-bond acceptors (Lipinski definition) is 6. The van der Waals surface area contributed by atoms with E-state index in [-0.39, 0.29) is 6.10 Å². The Morgan fingerprint density at radius 3 is 2.95 bits per heavy atom. The highest BCUT2D eigenvalue weighted by Crippen LogP contribution is 2.21. The summed E-state index contributed by atoms with van der Waals surface area (Å²) < 4.78 is 0. The maximum absolute atomic E-state index is 9.75. The summed E-state index contributed by atoms with van der Waals surface area (Å²) in [5, 5.41) is 15.9. The van der Waals surface area contributed by atoms with Crippen LogP contribution in [-0.2, 0) is 6.54 Å². The van der Waals surface area contributed by atoms with Crippen LogP contribution in [0.4, 0.5) is 0 Å². The molecule has 6 heteroatoms. The summed E-state index contributed by atoms with van der Waals surface area (Å²) in [5.74, 6) is 0. The van der Waals surface area contributed by atoms with Crippen molar-refractivity contribution in [2.75, 3.05) is 27.2 Å². The average molecular weight is 292 g/mol. The van der Waals surface area contributed by atoms with Crippen LogP contribution in [-0.4, -0.2) is 53.3 Å². The number of rotatable bonds is 7. The lowest BCUT2D eigenvalue weighted by Crippen LogP contribution is -2.34. The van der Waals surface area contributed by atoms with Crippen LogP contribution < -0.4 is 5.32 Å². The number of pyridine rings is 1. The van der Waals surface area contributed by atoms with E-state index in [0.29, 0.717) is 19.6 Å². The predicted molar refractivity (Wildman–Crippen MR) is 81.6 cm³/mol. The zero-order chi connectivity index (χ0) is 14.4. The third-order valence-electron chi connectivity index (χ3n) is 2.70. The average Bonchev–Trinajstić information content (AvgIpc) is 2.88. The molecule has 0 aromatic carbocycles. The second-order valence-electron chi connectivity index (χ2n) is 4.91. The normalized spacial score (nSPS) is 12.8. The first-order valence-electron chi connectivity index (χ1n) is 6.54. The maximum atomic E-state index is 9.75. The van der Waals surface area contributed by atoms with Crippen molar-refractivity contribution < 1.29 is 5.11 Å². The Balaban J connectivity index is 1.82. The van der Waals surface area contributed by atoms with Crippen LogP contribution >= 0.6 is 11.3 Å². The molecule has 0 radical (unpaired) electrons. The Bertz CT molecular complexity index is 515. The number of aromatic nitrogens is 2. The maximum Gasteiger partial charge on any atom is 0.142 e. The van der Waals surface area contributed by atoms with Crippen molar-refractivity contribution in [3.63, 3.8) is 0 Å². The van der Waals surface area contributed by atoms with Gasteiger partial charge < -0.3 is 15.3 Å². The fourth-order valence-electron chi connectivity index (χ4n) is 1.85. The fourth-order valence-corrected chi connectivity index (χ4v) is 2.64. The van der Waals surface area contributed by atoms with Crippen LogP contribution in [0.1, 0.15) is 5.69 Å². The quantitative estimate of drug-likeness (QED) is 0.803. The van der Waals surface area contributed by atoms with Gasteiger partial charge in [0.15, 0.2) is 0 Å². The van der Waals surface area contributed by atoms with Crippen LogP contribution in [0.3, 0.4) is 0 Å². The van der Waals surface area contributed by atoms with Gasteiger partial charge in [-0.1, -0.05) is 6.07 Å². The number of hydrogen-bond donors (Lipinski definition) is 2. The summed E-state index contributed by atoms with van der Waals surface area (Å²) in [5.41, 5.74) is 1.88. The molecule has 0 bridgehead atoms. The molecular formula is C14H20N4OS. The van der Waals surface area contributed by atoms with Gasteiger partial charge in [-0.3, -0.25) is 4.98 Å². The van der Waals surface area contributed by atoms with Crippen LogP contribution in [0, 0.1) is 0 Å². The molecule has 5 nitrogen and oxygen atoms in total. The van der Waals surface area contributed by atoms with Crippen molar-refractivity contribution in [3.8, 4) is 10.7 Å². The van der Waals surface area contributed by atoms with E-state index >= 15 is 0 Å². The molecule has 2 aromatic rings. The van der Waals surface area contributed by atoms with Gasteiger partial charge in [-0.2, -0.15) is 0 Å². The van der Waals surface area contributed by atoms with Crippen LogP contribution in [0.2, 0.25) is 0 Å². The Labute approximate surface area is 123 Å². The van der Waals surface area contributed by atoms with Gasteiger partial charge in [-0.15, -0.1) is 11.3 Å². The molecule has 108 valence electrons. The first-order valence-corrected chi connectivity index (χ1v) is 7.42. The molecule has 1 unspecified atom stereocenters. The number of nitrogens with zero attached hydrogens (tertiary/aromatic N) is 3. The summed E-state index contributed by atoms with van der Waals surface area (Å²) >= 11 is 1.59. The smallest absolute Gasteiger partial charge is 0.142 e. The highest BCUT2D eigenvalue weighted by molar-refractivity contribution is 7.13. The number of nitrogens with one attached hydrogen (secondary N) is 1. The van der Waals surface area contributed by atoms with Gasteiger partial charge in [0.05, 0.1) is 17.5 Å². The summed E-state index contributed by atoms with van der Waals surface area (Å²) in [6.45, 7) is 1.88. The molecule has 0 aliphatic rings. The number of aliphatic hydroxyl groups is 1. The van der Waals surface area contributed by atoms with Gasteiger partial charge in [-0.25, -0.2) is 4.98 Å². The topological polar surface area (TPSA) is 61.3 Å². The Morgan fingerprint density at radius 1 is 1.40 bits per heavy atom. The van der Waals surface area contributed by atoms with Gasteiger partial charge in [-0.05, 0) is 26.2 Å². The van der Waals surface area contributed by atoms with Gasteiger partial charge in [0.2, 0.25) is 0 Å². The van der Waals surface area contributed by atoms with Crippen molar-refractivity contribution in [1.29, 1.82) is 0 Å². The molecule has 0 fully saturated rings. The lowest BCUT2D eigenvalue weighted by Gasteiger charge is -2.15. The lowest BCUT2D eigenvalue weighted by atomic mass is 10.3. The Hall–Kier alpha value is -1.34. The second kappa shape index (κ2) is 7.44. The first kappa shape index (κ1) is 15.1. The summed E-state index contributed by atoms with van der Waals surface area (Å²) in [7, 11) is 3.89. The molecule has 0 saturated heterocycles. The number of aliphatic hydroxyl groups excluding tert-OH is 1. The minimum absolute atomic E-state index is 0.362. The largest absolute Gasteiger partial charge is 0.390 e. The van der Waals surface area contributed by atoms with E-state index in [0.717, 1.165) is 16.4 Å². The monoisotopic (exact) mass is 292 g/mol. The zero-order valence-electron chi connectivity index (χ0n) is 11.8.